The maximum atomic E-state index is 13.1. The zero-order valence-corrected chi connectivity index (χ0v) is 13.5. The SMILES string of the molecule is CNC1CCC2(CC1S(=O)(=O)C1CCOC1C)OCCO2. The fourth-order valence-electron chi connectivity index (χ4n) is 3.91. The third-order valence-electron chi connectivity index (χ3n) is 5.13. The van der Waals surface area contributed by atoms with Gasteiger partial charge in [-0.25, -0.2) is 8.42 Å². The quantitative estimate of drug-likeness (QED) is 0.815. The van der Waals surface area contributed by atoms with E-state index in [4.69, 9.17) is 14.2 Å². The van der Waals surface area contributed by atoms with Gasteiger partial charge in [-0.2, -0.15) is 0 Å². The Hall–Kier alpha value is -0.210. The van der Waals surface area contributed by atoms with Crippen molar-refractivity contribution in [2.75, 3.05) is 26.9 Å². The van der Waals surface area contributed by atoms with Gasteiger partial charge in [-0.05, 0) is 26.8 Å². The Kier molecular flexibility index (Phi) is 4.31. The topological polar surface area (TPSA) is 73.9 Å². The lowest BCUT2D eigenvalue weighted by atomic mass is 9.89. The summed E-state index contributed by atoms with van der Waals surface area (Å²) in [6.45, 7) is 3.49. The van der Waals surface area contributed by atoms with Gasteiger partial charge >= 0.3 is 0 Å². The Morgan fingerprint density at radius 2 is 1.81 bits per heavy atom. The fourth-order valence-corrected chi connectivity index (χ4v) is 6.62. The van der Waals surface area contributed by atoms with Crippen molar-refractivity contribution >= 4 is 9.84 Å². The van der Waals surface area contributed by atoms with E-state index < -0.39 is 26.1 Å². The first-order valence-electron chi connectivity index (χ1n) is 7.78. The maximum absolute atomic E-state index is 13.1. The average molecular weight is 319 g/mol. The van der Waals surface area contributed by atoms with Gasteiger partial charge in [0.15, 0.2) is 15.6 Å². The summed E-state index contributed by atoms with van der Waals surface area (Å²) < 4.78 is 43.1. The predicted molar refractivity (Wildman–Crippen MR) is 77.9 cm³/mol. The van der Waals surface area contributed by atoms with Crippen molar-refractivity contribution in [3.05, 3.63) is 0 Å². The molecule has 7 heteroatoms. The molecule has 2 heterocycles. The molecule has 3 rings (SSSR count). The maximum Gasteiger partial charge on any atom is 0.169 e. The third-order valence-corrected chi connectivity index (χ3v) is 7.93. The van der Waals surface area contributed by atoms with Crippen molar-refractivity contribution in [3.8, 4) is 0 Å². The third kappa shape index (κ3) is 2.74. The van der Waals surface area contributed by atoms with Crippen molar-refractivity contribution in [1.29, 1.82) is 0 Å². The first-order valence-corrected chi connectivity index (χ1v) is 9.39. The minimum Gasteiger partial charge on any atom is -0.377 e. The number of sulfone groups is 1. The first-order chi connectivity index (χ1) is 9.98. The number of nitrogens with one attached hydrogen (secondary N) is 1. The summed E-state index contributed by atoms with van der Waals surface area (Å²) in [6, 6.07) is -0.0405. The van der Waals surface area contributed by atoms with Crippen LogP contribution in [0.5, 0.6) is 0 Å². The van der Waals surface area contributed by atoms with E-state index in [-0.39, 0.29) is 12.1 Å². The van der Waals surface area contributed by atoms with Crippen LogP contribution in [0, 0.1) is 0 Å². The first kappa shape index (κ1) is 15.7. The van der Waals surface area contributed by atoms with Gasteiger partial charge in [0.2, 0.25) is 0 Å². The Balaban J connectivity index is 1.85. The molecule has 21 heavy (non-hydrogen) atoms. The second kappa shape index (κ2) is 5.77. The highest BCUT2D eigenvalue weighted by molar-refractivity contribution is 7.92. The highest BCUT2D eigenvalue weighted by Crippen LogP contribution is 2.40. The van der Waals surface area contributed by atoms with E-state index in [0.29, 0.717) is 32.7 Å². The molecule has 1 N–H and O–H groups in total. The zero-order valence-electron chi connectivity index (χ0n) is 12.7. The number of ether oxygens (including phenoxy) is 3. The Morgan fingerprint density at radius 1 is 1.10 bits per heavy atom. The van der Waals surface area contributed by atoms with Crippen molar-refractivity contribution < 1.29 is 22.6 Å². The molecule has 1 aliphatic carbocycles. The van der Waals surface area contributed by atoms with Gasteiger partial charge in [0.05, 0.1) is 29.8 Å². The molecule has 1 saturated carbocycles. The van der Waals surface area contributed by atoms with Gasteiger partial charge in [-0.15, -0.1) is 0 Å². The van der Waals surface area contributed by atoms with Gasteiger partial charge in [0, 0.05) is 25.5 Å². The van der Waals surface area contributed by atoms with Gasteiger partial charge in [0.1, 0.15) is 0 Å². The molecule has 3 aliphatic rings. The van der Waals surface area contributed by atoms with E-state index in [1.165, 1.54) is 0 Å². The largest absolute Gasteiger partial charge is 0.377 e. The summed E-state index contributed by atoms with van der Waals surface area (Å²) in [7, 11) is -1.45. The molecule has 4 atom stereocenters. The lowest BCUT2D eigenvalue weighted by Gasteiger charge is -2.41. The van der Waals surface area contributed by atoms with Gasteiger partial charge in [0.25, 0.3) is 0 Å². The Bertz CT molecular complexity index is 474. The number of hydrogen-bond donors (Lipinski definition) is 1. The molecule has 0 radical (unpaired) electrons. The molecule has 6 nitrogen and oxygen atoms in total. The molecule has 0 bridgehead atoms. The summed E-state index contributed by atoms with van der Waals surface area (Å²) in [5, 5.41) is 2.30. The van der Waals surface area contributed by atoms with Crippen LogP contribution in [0.1, 0.15) is 32.6 Å². The smallest absolute Gasteiger partial charge is 0.169 e. The van der Waals surface area contributed by atoms with Crippen LogP contribution in [-0.2, 0) is 24.0 Å². The molecule has 122 valence electrons. The van der Waals surface area contributed by atoms with E-state index in [0.717, 1.165) is 12.8 Å². The second-order valence-corrected chi connectivity index (χ2v) is 8.67. The van der Waals surface area contributed by atoms with E-state index in [9.17, 15) is 8.42 Å². The van der Waals surface area contributed by atoms with Crippen LogP contribution in [0.4, 0.5) is 0 Å². The molecule has 0 aromatic carbocycles. The monoisotopic (exact) mass is 319 g/mol. The molecule has 4 unspecified atom stereocenters. The zero-order chi connectivity index (χ0) is 15.1. The summed E-state index contributed by atoms with van der Waals surface area (Å²) in [5.41, 5.74) is 0. The van der Waals surface area contributed by atoms with Crippen LogP contribution >= 0.6 is 0 Å². The number of hydrogen-bond acceptors (Lipinski definition) is 6. The second-order valence-electron chi connectivity index (χ2n) is 6.28. The van der Waals surface area contributed by atoms with Crippen LogP contribution in [0.3, 0.4) is 0 Å². The Labute approximate surface area is 126 Å². The van der Waals surface area contributed by atoms with Gasteiger partial charge in [-0.3, -0.25) is 0 Å². The van der Waals surface area contributed by atoms with Crippen LogP contribution in [-0.4, -0.2) is 63.7 Å². The van der Waals surface area contributed by atoms with Gasteiger partial charge < -0.3 is 19.5 Å². The lowest BCUT2D eigenvalue weighted by molar-refractivity contribution is -0.178. The van der Waals surface area contributed by atoms with Crippen LogP contribution in [0.25, 0.3) is 0 Å². The molecule has 1 spiro atoms. The molecule has 0 amide bonds. The molecule has 3 fully saturated rings. The van der Waals surface area contributed by atoms with E-state index in [2.05, 4.69) is 5.32 Å². The molecule has 0 aromatic heterocycles. The molecular formula is C14H25NO5S. The van der Waals surface area contributed by atoms with Crippen molar-refractivity contribution in [2.24, 2.45) is 0 Å². The lowest BCUT2D eigenvalue weighted by Crippen LogP contribution is -2.55. The highest BCUT2D eigenvalue weighted by Gasteiger charge is 2.52. The normalized spacial score (nSPS) is 39.9. The van der Waals surface area contributed by atoms with E-state index in [1.54, 1.807) is 0 Å². The van der Waals surface area contributed by atoms with Crippen molar-refractivity contribution in [2.45, 2.75) is 61.0 Å². The standard InChI is InChI=1S/C14H25NO5S/c1-10-12(4-6-18-10)21(16,17)13-9-14(19-7-8-20-14)5-3-11(13)15-2/h10-13,15H,3-9H2,1-2H3. The molecular weight excluding hydrogens is 294 g/mol. The summed E-state index contributed by atoms with van der Waals surface area (Å²) in [4.78, 5) is 0. The van der Waals surface area contributed by atoms with Crippen molar-refractivity contribution in [3.63, 3.8) is 0 Å². The predicted octanol–water partition coefficient (Wildman–Crippen LogP) is 0.462. The minimum atomic E-state index is -3.28. The van der Waals surface area contributed by atoms with Crippen molar-refractivity contribution in [1.82, 2.24) is 5.32 Å². The van der Waals surface area contributed by atoms with E-state index >= 15 is 0 Å². The van der Waals surface area contributed by atoms with Gasteiger partial charge in [-0.1, -0.05) is 0 Å². The molecule has 2 saturated heterocycles. The fraction of sp³-hybridized carbons (Fsp3) is 1.00. The summed E-state index contributed by atoms with van der Waals surface area (Å²) >= 11 is 0. The minimum absolute atomic E-state index is 0.0405. The van der Waals surface area contributed by atoms with E-state index in [1.807, 2.05) is 14.0 Å². The van der Waals surface area contributed by atoms with Crippen LogP contribution in [0.2, 0.25) is 0 Å². The number of rotatable bonds is 3. The van der Waals surface area contributed by atoms with Crippen LogP contribution in [0.15, 0.2) is 0 Å². The Morgan fingerprint density at radius 3 is 2.38 bits per heavy atom. The summed E-state index contributed by atoms with van der Waals surface area (Å²) in [5.74, 6) is -0.687. The molecule has 0 aromatic rings. The highest BCUT2D eigenvalue weighted by atomic mass is 32.2. The van der Waals surface area contributed by atoms with Crippen LogP contribution < -0.4 is 5.32 Å². The molecule has 2 aliphatic heterocycles. The average Bonchev–Trinajstić information content (AvgIpc) is 3.09. The summed E-state index contributed by atoms with van der Waals surface area (Å²) in [6.07, 6.45) is 2.29.